The first kappa shape index (κ1) is 10.7. The summed E-state index contributed by atoms with van der Waals surface area (Å²) in [4.78, 5) is 0. The third kappa shape index (κ3) is 289. The van der Waals surface area contributed by atoms with Crippen LogP contribution in [0.25, 0.3) is 0 Å². The number of hydrogen-bond acceptors (Lipinski definition) is 0. The van der Waals surface area contributed by atoms with E-state index in [0.29, 0.717) is 0 Å². The van der Waals surface area contributed by atoms with Crippen LogP contribution in [0.2, 0.25) is 0 Å². The van der Waals surface area contributed by atoms with E-state index in [1.807, 2.05) is 0 Å². The summed E-state index contributed by atoms with van der Waals surface area (Å²) in [6, 6.07) is 0. The Hall–Kier alpha value is 0.720. The van der Waals surface area contributed by atoms with Crippen LogP contribution < -0.4 is 0 Å². The van der Waals surface area contributed by atoms with Gasteiger partial charge in [0.25, 0.3) is 3.25 Å². The van der Waals surface area contributed by atoms with E-state index in [0.717, 1.165) is 0 Å². The number of rotatable bonds is 0. The predicted molar refractivity (Wildman–Crippen MR) is 36.0 cm³/mol. The van der Waals surface area contributed by atoms with E-state index in [2.05, 4.69) is 12.8 Å². The molecule has 0 aromatic carbocycles. The van der Waals surface area contributed by atoms with Crippen molar-refractivity contribution in [3.05, 3.63) is 0 Å². The van der Waals surface area contributed by atoms with Gasteiger partial charge < -0.3 is 0 Å². The first-order valence-electron chi connectivity index (χ1n) is 1.09. The summed E-state index contributed by atoms with van der Waals surface area (Å²) in [6.45, 7) is 0. The molecule has 42 valence electrons. The van der Waals surface area contributed by atoms with Crippen molar-refractivity contribution in [3.63, 3.8) is 0 Å². The highest BCUT2D eigenvalue weighted by atomic mass is 35.6. The fourth-order valence-corrected chi connectivity index (χ4v) is 0. The Morgan fingerprint density at radius 3 is 0.857 bits per heavy atom. The maximum atomic E-state index is 4.83. The second kappa shape index (κ2) is 4.87. The van der Waals surface area contributed by atoms with Crippen LogP contribution in [0.5, 0.6) is 0 Å². The molecule has 0 aromatic heterocycles. The first-order chi connectivity index (χ1) is 3.00. The normalized spacial score (nSPS) is 8.86. The maximum Gasteiger partial charge on any atom is 0.266 e. The van der Waals surface area contributed by atoms with Crippen molar-refractivity contribution in [3.8, 4) is 12.8 Å². The van der Waals surface area contributed by atoms with Crippen molar-refractivity contribution in [2.45, 2.75) is 3.25 Å². The topological polar surface area (TPSA) is 0 Å². The molecular weight excluding hydrogens is 178 g/mol. The summed E-state index contributed by atoms with van der Waals surface area (Å²) >= 11 is 19.3. The highest BCUT2D eigenvalue weighted by Gasteiger charge is 2.11. The highest BCUT2D eigenvalue weighted by molar-refractivity contribution is 6.83. The van der Waals surface area contributed by atoms with Crippen LogP contribution in [0.15, 0.2) is 0 Å². The summed E-state index contributed by atoms with van der Waals surface area (Å²) in [7, 11) is 0. The number of hydrogen-bond donors (Lipinski definition) is 0. The van der Waals surface area contributed by atoms with E-state index >= 15 is 0 Å². The van der Waals surface area contributed by atoms with Gasteiger partial charge in [-0.05, 0) is 0 Å². The number of alkyl halides is 4. The van der Waals surface area contributed by atoms with Gasteiger partial charge in [-0.1, -0.05) is 46.4 Å². The van der Waals surface area contributed by atoms with Crippen LogP contribution in [0, 0.1) is 12.8 Å². The van der Waals surface area contributed by atoms with Crippen LogP contribution in [-0.4, -0.2) is 3.25 Å². The Kier molecular flexibility index (Phi) is 7.41. The fourth-order valence-electron chi connectivity index (χ4n) is 0. The van der Waals surface area contributed by atoms with Crippen LogP contribution in [-0.2, 0) is 0 Å². The van der Waals surface area contributed by atoms with Crippen molar-refractivity contribution < 1.29 is 0 Å². The molecule has 0 aromatic rings. The van der Waals surface area contributed by atoms with E-state index in [-0.39, 0.29) is 0 Å². The van der Waals surface area contributed by atoms with Crippen molar-refractivity contribution >= 4 is 46.4 Å². The molecular formula is C3H2Cl4. The van der Waals surface area contributed by atoms with Crippen LogP contribution in [0.3, 0.4) is 0 Å². The summed E-state index contributed by atoms with van der Waals surface area (Å²) < 4.78 is -1.61. The van der Waals surface area contributed by atoms with Crippen LogP contribution in [0.1, 0.15) is 0 Å². The van der Waals surface area contributed by atoms with E-state index in [1.165, 1.54) is 0 Å². The molecule has 0 radical (unpaired) electrons. The molecule has 0 unspecified atom stereocenters. The quantitative estimate of drug-likeness (QED) is 0.397. The molecule has 0 bridgehead atoms. The van der Waals surface area contributed by atoms with Gasteiger partial charge >= 0.3 is 0 Å². The van der Waals surface area contributed by atoms with Gasteiger partial charge in [0.15, 0.2) is 0 Å². The summed E-state index contributed by atoms with van der Waals surface area (Å²) in [5.74, 6) is 0. The minimum Gasteiger partial charge on any atom is -0.124 e. The van der Waals surface area contributed by atoms with Gasteiger partial charge in [0.05, 0.1) is 0 Å². The minimum atomic E-state index is -1.61. The number of terminal acetylenes is 1. The lowest BCUT2D eigenvalue weighted by Crippen LogP contribution is -1.81. The Bertz CT molecular complexity index is 43.7. The average Bonchev–Trinajstić information content (AvgIpc) is 1.36. The Morgan fingerprint density at radius 2 is 0.857 bits per heavy atom. The third-order valence-electron chi connectivity index (χ3n) is 0. The zero-order valence-electron chi connectivity index (χ0n) is 3.17. The fraction of sp³-hybridized carbons (Fsp3) is 0.333. The summed E-state index contributed by atoms with van der Waals surface area (Å²) in [5, 5.41) is 0. The predicted octanol–water partition coefficient (Wildman–Crippen LogP) is 2.80. The summed E-state index contributed by atoms with van der Waals surface area (Å²) in [5.41, 5.74) is 0. The monoisotopic (exact) mass is 178 g/mol. The first-order valence-corrected chi connectivity index (χ1v) is 2.60. The van der Waals surface area contributed by atoms with Crippen LogP contribution in [0.4, 0.5) is 0 Å². The van der Waals surface area contributed by atoms with Crippen molar-refractivity contribution in [1.82, 2.24) is 0 Å². The lowest BCUT2D eigenvalue weighted by Gasteiger charge is -1.91. The molecule has 0 spiro atoms. The lowest BCUT2D eigenvalue weighted by molar-refractivity contribution is 1.76. The highest BCUT2D eigenvalue weighted by Crippen LogP contribution is 2.29. The molecule has 0 aliphatic heterocycles. The van der Waals surface area contributed by atoms with E-state index in [1.54, 1.807) is 0 Å². The molecule has 0 aliphatic rings. The second-order valence-electron chi connectivity index (χ2n) is 0.429. The van der Waals surface area contributed by atoms with Gasteiger partial charge in [-0.2, -0.15) is 0 Å². The van der Waals surface area contributed by atoms with Gasteiger partial charge in [0, 0.05) is 0 Å². The molecule has 0 N–H and O–H groups in total. The molecule has 0 nitrogen and oxygen atoms in total. The molecule has 0 fully saturated rings. The van der Waals surface area contributed by atoms with E-state index in [9.17, 15) is 0 Å². The molecule has 0 saturated heterocycles. The number of halogens is 4. The lowest BCUT2D eigenvalue weighted by atomic mass is 11.4. The second-order valence-corrected chi connectivity index (χ2v) is 3.86. The molecule has 0 rings (SSSR count). The average molecular weight is 180 g/mol. The standard InChI is InChI=1S/C2H2.CCl4/c1-2;2-1(3,4)5/h1-2H;. The van der Waals surface area contributed by atoms with Gasteiger partial charge in [-0.25, -0.2) is 0 Å². The molecule has 0 heterocycles. The Labute approximate surface area is 62.7 Å². The van der Waals surface area contributed by atoms with Crippen molar-refractivity contribution in [2.75, 3.05) is 0 Å². The van der Waals surface area contributed by atoms with Gasteiger partial charge in [-0.3, -0.25) is 0 Å². The van der Waals surface area contributed by atoms with Crippen LogP contribution >= 0.6 is 46.4 Å². The zero-order chi connectivity index (χ0) is 6.50. The van der Waals surface area contributed by atoms with Gasteiger partial charge in [0.2, 0.25) is 0 Å². The van der Waals surface area contributed by atoms with Gasteiger partial charge in [0.1, 0.15) is 0 Å². The largest absolute Gasteiger partial charge is 0.266 e. The van der Waals surface area contributed by atoms with E-state index in [4.69, 9.17) is 46.4 Å². The van der Waals surface area contributed by atoms with Crippen molar-refractivity contribution in [2.24, 2.45) is 0 Å². The molecule has 0 amide bonds. The van der Waals surface area contributed by atoms with E-state index < -0.39 is 3.25 Å². The summed E-state index contributed by atoms with van der Waals surface area (Å²) in [6.07, 6.45) is 8.00. The third-order valence-corrected chi connectivity index (χ3v) is 0. The molecule has 0 atom stereocenters. The molecule has 4 heteroatoms. The Morgan fingerprint density at radius 1 is 0.857 bits per heavy atom. The minimum absolute atomic E-state index is 1.61. The SMILES string of the molecule is C#C.ClC(Cl)(Cl)Cl. The molecule has 0 aliphatic carbocycles. The molecule has 0 saturated carbocycles. The van der Waals surface area contributed by atoms with Crippen molar-refractivity contribution in [1.29, 1.82) is 0 Å². The molecule has 7 heavy (non-hydrogen) atoms. The smallest absolute Gasteiger partial charge is 0.124 e. The zero-order valence-corrected chi connectivity index (χ0v) is 6.19. The Balaban J connectivity index is 0. The van der Waals surface area contributed by atoms with Gasteiger partial charge in [-0.15, -0.1) is 12.8 Å². The maximum absolute atomic E-state index is 4.83.